The summed E-state index contributed by atoms with van der Waals surface area (Å²) in [6.45, 7) is 2.29. The average Bonchev–Trinajstić information content (AvgIpc) is 2.43. The van der Waals surface area contributed by atoms with E-state index in [0.717, 1.165) is 5.75 Å². The number of rotatable bonds is 16. The summed E-state index contributed by atoms with van der Waals surface area (Å²) in [5, 5.41) is 0. The Hall–Kier alpha value is 1.31. The van der Waals surface area contributed by atoms with Gasteiger partial charge in [-0.3, -0.25) is 0 Å². The number of unbranched alkanes of at least 4 members (excludes halogenated alkanes) is 15. The number of hydrogen-bond acceptors (Lipinski definition) is 1. The van der Waals surface area contributed by atoms with Gasteiger partial charge in [-0.2, -0.15) is 12.6 Å². The van der Waals surface area contributed by atoms with E-state index in [1.165, 1.54) is 103 Å². The molecule has 0 aliphatic heterocycles. The van der Waals surface area contributed by atoms with Crippen LogP contribution >= 0.6 is 12.6 Å². The monoisotopic (exact) mass is 511 g/mol. The maximum absolute atomic E-state index is 4.24. The van der Waals surface area contributed by atoms with Gasteiger partial charge in [-0.25, -0.2) is 0 Å². The second-order valence-corrected chi connectivity index (χ2v) is 6.47. The molecule has 0 unspecified atom stereocenters. The average molecular weight is 512 g/mol. The summed E-state index contributed by atoms with van der Waals surface area (Å²) in [6, 6.07) is 0. The smallest absolute Gasteiger partial charge is 0 e. The van der Waals surface area contributed by atoms with Crippen LogP contribution in [0.5, 0.6) is 0 Å². The standard InChI is InChI=1S/C18H38S.Au.Si/c1-2-3-4-5-6-7-8-9-10-11-12-13-14-15-16-17-18-19;;/h19H,2-18H2,1H3;;. The first kappa shape index (κ1) is 27.2. The van der Waals surface area contributed by atoms with Gasteiger partial charge in [-0.15, -0.1) is 0 Å². The Labute approximate surface area is 161 Å². The fourth-order valence-corrected chi connectivity index (χ4v) is 2.88. The molecule has 0 amide bonds. The van der Waals surface area contributed by atoms with Crippen LogP contribution in [-0.4, -0.2) is 16.7 Å². The van der Waals surface area contributed by atoms with E-state index < -0.39 is 0 Å². The van der Waals surface area contributed by atoms with Gasteiger partial charge >= 0.3 is 0 Å². The van der Waals surface area contributed by atoms with Gasteiger partial charge < -0.3 is 0 Å². The minimum Gasteiger partial charge on any atom is -0.179 e. The summed E-state index contributed by atoms with van der Waals surface area (Å²) in [7, 11) is 0. The molecular formula is C18H38AuSSi. The summed E-state index contributed by atoms with van der Waals surface area (Å²) in [4.78, 5) is 0. The molecule has 0 atom stereocenters. The van der Waals surface area contributed by atoms with Gasteiger partial charge in [0.05, 0.1) is 0 Å². The molecule has 0 rings (SSSR count). The molecule has 21 heavy (non-hydrogen) atoms. The van der Waals surface area contributed by atoms with Gasteiger partial charge in [0.2, 0.25) is 0 Å². The second-order valence-electron chi connectivity index (χ2n) is 6.03. The SMILES string of the molecule is CCCCCCCCCCCCCCCCCCS.[Au].[Si]. The molecule has 0 N–H and O–H groups in total. The van der Waals surface area contributed by atoms with Gasteiger partial charge in [0.1, 0.15) is 0 Å². The third-order valence-corrected chi connectivity index (χ3v) is 4.33. The zero-order valence-corrected chi connectivity index (χ0v) is 18.3. The normalized spacial score (nSPS) is 10.0. The third-order valence-electron chi connectivity index (χ3n) is 4.01. The Balaban J connectivity index is -0.00000162. The Morgan fingerprint density at radius 1 is 0.476 bits per heavy atom. The summed E-state index contributed by atoms with van der Waals surface area (Å²) in [6.07, 6.45) is 23.1. The van der Waals surface area contributed by atoms with E-state index in [1.807, 2.05) is 0 Å². The van der Waals surface area contributed by atoms with Crippen LogP contribution in [0.3, 0.4) is 0 Å². The molecule has 0 fully saturated rings. The molecule has 0 bridgehead atoms. The minimum absolute atomic E-state index is 0. The number of thiol groups is 1. The van der Waals surface area contributed by atoms with Crippen LogP contribution < -0.4 is 0 Å². The molecule has 0 aliphatic carbocycles. The molecule has 0 spiro atoms. The Morgan fingerprint density at radius 3 is 0.952 bits per heavy atom. The summed E-state index contributed by atoms with van der Waals surface area (Å²) >= 11 is 4.24. The quantitative estimate of drug-likeness (QED) is 0.132. The first-order valence-corrected chi connectivity index (χ1v) is 9.66. The molecule has 0 aromatic carbocycles. The predicted molar refractivity (Wildman–Crippen MR) is 99.2 cm³/mol. The van der Waals surface area contributed by atoms with Crippen molar-refractivity contribution in [2.75, 3.05) is 5.75 Å². The van der Waals surface area contributed by atoms with Crippen molar-refractivity contribution in [2.24, 2.45) is 0 Å². The van der Waals surface area contributed by atoms with Gasteiger partial charge in [0.25, 0.3) is 0 Å². The van der Waals surface area contributed by atoms with Crippen molar-refractivity contribution in [3.8, 4) is 0 Å². The predicted octanol–water partition coefficient (Wildman–Crippen LogP) is 6.79. The van der Waals surface area contributed by atoms with E-state index in [4.69, 9.17) is 0 Å². The van der Waals surface area contributed by atoms with Crippen LogP contribution in [0.2, 0.25) is 0 Å². The molecule has 0 nitrogen and oxygen atoms in total. The van der Waals surface area contributed by atoms with Crippen molar-refractivity contribution in [2.45, 2.75) is 110 Å². The van der Waals surface area contributed by atoms with Crippen LogP contribution in [0.15, 0.2) is 0 Å². The number of hydrogen-bond donors (Lipinski definition) is 1. The molecule has 131 valence electrons. The fourth-order valence-electron chi connectivity index (χ4n) is 2.66. The molecule has 3 heteroatoms. The Kier molecular flexibility index (Phi) is 33.9. The largest absolute Gasteiger partial charge is 0.179 e. The minimum atomic E-state index is 0. The van der Waals surface area contributed by atoms with Crippen LogP contribution in [-0.2, 0) is 22.4 Å². The van der Waals surface area contributed by atoms with Crippen LogP contribution in [0.1, 0.15) is 110 Å². The first-order valence-electron chi connectivity index (χ1n) is 9.02. The molecule has 0 aromatic heterocycles. The molecule has 0 aromatic rings. The van der Waals surface area contributed by atoms with E-state index >= 15 is 0 Å². The van der Waals surface area contributed by atoms with E-state index in [9.17, 15) is 0 Å². The van der Waals surface area contributed by atoms with Crippen molar-refractivity contribution in [3.63, 3.8) is 0 Å². The van der Waals surface area contributed by atoms with Crippen molar-refractivity contribution < 1.29 is 22.4 Å². The maximum Gasteiger partial charge on any atom is 0 e. The van der Waals surface area contributed by atoms with E-state index in [1.54, 1.807) is 0 Å². The van der Waals surface area contributed by atoms with Crippen molar-refractivity contribution in [1.29, 1.82) is 0 Å². The van der Waals surface area contributed by atoms with Crippen molar-refractivity contribution in [3.05, 3.63) is 0 Å². The first-order chi connectivity index (χ1) is 9.41. The summed E-state index contributed by atoms with van der Waals surface area (Å²) in [5.41, 5.74) is 0. The topological polar surface area (TPSA) is 0 Å². The Bertz CT molecular complexity index is 140. The van der Waals surface area contributed by atoms with Crippen molar-refractivity contribution >= 4 is 23.6 Å². The molecule has 0 saturated heterocycles. The van der Waals surface area contributed by atoms with Crippen LogP contribution in [0, 0.1) is 0 Å². The Morgan fingerprint density at radius 2 is 0.714 bits per heavy atom. The summed E-state index contributed by atoms with van der Waals surface area (Å²) in [5.74, 6) is 1.07. The summed E-state index contributed by atoms with van der Waals surface area (Å²) < 4.78 is 0. The zero-order chi connectivity index (χ0) is 14.0. The molecule has 5 radical (unpaired) electrons. The molecule has 0 saturated carbocycles. The van der Waals surface area contributed by atoms with Gasteiger partial charge in [-0.1, -0.05) is 103 Å². The fraction of sp³-hybridized carbons (Fsp3) is 1.00. The van der Waals surface area contributed by atoms with E-state index in [-0.39, 0.29) is 33.3 Å². The maximum atomic E-state index is 4.24. The molecule has 0 aliphatic rings. The molecular weight excluding hydrogens is 473 g/mol. The van der Waals surface area contributed by atoms with Crippen LogP contribution in [0.25, 0.3) is 0 Å². The second kappa shape index (κ2) is 26.2. The van der Waals surface area contributed by atoms with Gasteiger partial charge in [0.15, 0.2) is 0 Å². The zero-order valence-electron chi connectivity index (χ0n) is 14.3. The van der Waals surface area contributed by atoms with Gasteiger partial charge in [0, 0.05) is 33.3 Å². The third kappa shape index (κ3) is 26.5. The van der Waals surface area contributed by atoms with Crippen molar-refractivity contribution in [1.82, 2.24) is 0 Å². The van der Waals surface area contributed by atoms with E-state index in [2.05, 4.69) is 19.6 Å². The van der Waals surface area contributed by atoms with Gasteiger partial charge in [-0.05, 0) is 12.2 Å². The van der Waals surface area contributed by atoms with E-state index in [0.29, 0.717) is 0 Å². The molecule has 0 heterocycles. The van der Waals surface area contributed by atoms with Crippen LogP contribution in [0.4, 0.5) is 0 Å².